The van der Waals surface area contributed by atoms with Crippen molar-refractivity contribution in [1.29, 1.82) is 0 Å². The van der Waals surface area contributed by atoms with Gasteiger partial charge in [-0.25, -0.2) is 0 Å². The van der Waals surface area contributed by atoms with Gasteiger partial charge in [0.1, 0.15) is 0 Å². The van der Waals surface area contributed by atoms with Gasteiger partial charge in [0.25, 0.3) is 11.1 Å². The highest BCUT2D eigenvalue weighted by Gasteiger charge is 2.34. The van der Waals surface area contributed by atoms with Crippen LogP contribution >= 0.6 is 23.4 Å². The topological polar surface area (TPSA) is 66.8 Å². The average Bonchev–Trinajstić information content (AvgIpc) is 2.86. The van der Waals surface area contributed by atoms with E-state index < -0.39 is 0 Å². The Hall–Kier alpha value is -2.44. The SMILES string of the molecule is COc1cc(C=C2SC(=O)N(Cc3ccc(Cl)cc3)C2=O)ccc1O. The second-order valence-corrected chi connectivity index (χ2v) is 6.76. The molecule has 2 aromatic carbocycles. The largest absolute Gasteiger partial charge is 0.504 e. The van der Waals surface area contributed by atoms with E-state index in [9.17, 15) is 14.7 Å². The summed E-state index contributed by atoms with van der Waals surface area (Å²) in [4.78, 5) is 26.2. The molecule has 25 heavy (non-hydrogen) atoms. The Morgan fingerprint density at radius 2 is 1.92 bits per heavy atom. The quantitative estimate of drug-likeness (QED) is 0.807. The zero-order chi connectivity index (χ0) is 18.0. The van der Waals surface area contributed by atoms with E-state index in [0.717, 1.165) is 17.3 Å². The second kappa shape index (κ2) is 7.21. The molecule has 0 aromatic heterocycles. The molecule has 0 atom stereocenters. The second-order valence-electron chi connectivity index (χ2n) is 5.33. The summed E-state index contributed by atoms with van der Waals surface area (Å²) in [5, 5.41) is 9.90. The molecular formula is C18H14ClNO4S. The maximum Gasteiger partial charge on any atom is 0.293 e. The minimum absolute atomic E-state index is 0.00972. The number of thioether (sulfide) groups is 1. The Morgan fingerprint density at radius 1 is 1.20 bits per heavy atom. The van der Waals surface area contributed by atoms with Crippen LogP contribution in [-0.4, -0.2) is 28.3 Å². The third-order valence-electron chi connectivity index (χ3n) is 3.63. The minimum atomic E-state index is -0.350. The molecule has 1 heterocycles. The molecule has 0 radical (unpaired) electrons. The van der Waals surface area contributed by atoms with Crippen LogP contribution in [0.4, 0.5) is 4.79 Å². The zero-order valence-electron chi connectivity index (χ0n) is 13.2. The number of ether oxygens (including phenoxy) is 1. The van der Waals surface area contributed by atoms with Crippen LogP contribution in [0.1, 0.15) is 11.1 Å². The predicted molar refractivity (Wildman–Crippen MR) is 97.6 cm³/mol. The van der Waals surface area contributed by atoms with Gasteiger partial charge in [-0.05, 0) is 53.2 Å². The summed E-state index contributed by atoms with van der Waals surface area (Å²) in [7, 11) is 1.44. The van der Waals surface area contributed by atoms with Crippen molar-refractivity contribution >= 4 is 40.6 Å². The number of amides is 2. The summed E-state index contributed by atoms with van der Waals surface area (Å²) in [6.07, 6.45) is 1.61. The first kappa shape index (κ1) is 17.4. The smallest absolute Gasteiger partial charge is 0.293 e. The van der Waals surface area contributed by atoms with Crippen molar-refractivity contribution in [1.82, 2.24) is 4.90 Å². The van der Waals surface area contributed by atoms with Gasteiger partial charge in [0.05, 0.1) is 18.6 Å². The van der Waals surface area contributed by atoms with Crippen molar-refractivity contribution in [2.75, 3.05) is 7.11 Å². The lowest BCUT2D eigenvalue weighted by atomic mass is 10.1. The van der Waals surface area contributed by atoms with E-state index in [1.165, 1.54) is 18.1 Å². The lowest BCUT2D eigenvalue weighted by Crippen LogP contribution is -2.27. The lowest BCUT2D eigenvalue weighted by Gasteiger charge is -2.12. The van der Waals surface area contributed by atoms with Crippen molar-refractivity contribution in [3.63, 3.8) is 0 Å². The molecular weight excluding hydrogens is 362 g/mol. The number of methoxy groups -OCH3 is 1. The Bertz CT molecular complexity index is 864. The molecule has 1 aliphatic rings. The summed E-state index contributed by atoms with van der Waals surface area (Å²) < 4.78 is 5.05. The Labute approximate surface area is 153 Å². The van der Waals surface area contributed by atoms with E-state index in [2.05, 4.69) is 0 Å². The monoisotopic (exact) mass is 375 g/mol. The number of carbonyl (C=O) groups excluding carboxylic acids is 2. The van der Waals surface area contributed by atoms with Crippen LogP contribution in [0.2, 0.25) is 5.02 Å². The molecule has 0 saturated carbocycles. The standard InChI is InChI=1S/C18H14ClNO4S/c1-24-15-8-12(4-7-14(15)21)9-16-17(22)20(18(23)25-16)10-11-2-5-13(19)6-3-11/h2-9,21H,10H2,1H3. The summed E-state index contributed by atoms with van der Waals surface area (Å²) in [6.45, 7) is 0.193. The van der Waals surface area contributed by atoms with Gasteiger partial charge >= 0.3 is 0 Å². The predicted octanol–water partition coefficient (Wildman–Crippen LogP) is 4.29. The van der Waals surface area contributed by atoms with E-state index in [-0.39, 0.29) is 23.4 Å². The number of rotatable bonds is 4. The Balaban J connectivity index is 1.82. The van der Waals surface area contributed by atoms with Crippen LogP contribution in [0.3, 0.4) is 0 Å². The molecule has 0 bridgehead atoms. The van der Waals surface area contributed by atoms with Crippen molar-refractivity contribution in [2.24, 2.45) is 0 Å². The van der Waals surface area contributed by atoms with Crippen LogP contribution in [0.5, 0.6) is 11.5 Å². The maximum atomic E-state index is 12.5. The number of nitrogens with zero attached hydrogens (tertiary/aromatic N) is 1. The third-order valence-corrected chi connectivity index (χ3v) is 4.79. The summed E-state index contributed by atoms with van der Waals surface area (Å²) in [5.41, 5.74) is 1.48. The van der Waals surface area contributed by atoms with Gasteiger partial charge in [0.15, 0.2) is 11.5 Å². The van der Waals surface area contributed by atoms with Crippen molar-refractivity contribution in [3.8, 4) is 11.5 Å². The van der Waals surface area contributed by atoms with Gasteiger partial charge in [-0.1, -0.05) is 29.8 Å². The summed E-state index contributed by atoms with van der Waals surface area (Å²) >= 11 is 6.73. The normalized spacial score (nSPS) is 15.9. The number of aromatic hydroxyl groups is 1. The summed E-state index contributed by atoms with van der Waals surface area (Å²) in [6, 6.07) is 11.7. The maximum absolute atomic E-state index is 12.5. The average molecular weight is 376 g/mol. The molecule has 1 N–H and O–H groups in total. The Morgan fingerprint density at radius 3 is 2.60 bits per heavy atom. The van der Waals surface area contributed by atoms with Gasteiger partial charge in [0.2, 0.25) is 0 Å². The highest BCUT2D eigenvalue weighted by atomic mass is 35.5. The molecule has 2 amide bonds. The molecule has 1 aliphatic heterocycles. The number of phenolic OH excluding ortho intramolecular Hbond substituents is 1. The van der Waals surface area contributed by atoms with Crippen LogP contribution in [0, 0.1) is 0 Å². The number of hydrogen-bond donors (Lipinski definition) is 1. The van der Waals surface area contributed by atoms with Gasteiger partial charge in [-0.2, -0.15) is 0 Å². The van der Waals surface area contributed by atoms with Gasteiger partial charge in [0, 0.05) is 5.02 Å². The number of carbonyl (C=O) groups is 2. The van der Waals surface area contributed by atoms with Crippen molar-refractivity contribution in [3.05, 3.63) is 63.5 Å². The molecule has 1 saturated heterocycles. The van der Waals surface area contributed by atoms with E-state index in [1.807, 2.05) is 0 Å². The fourth-order valence-corrected chi connectivity index (χ4v) is 3.31. The van der Waals surface area contributed by atoms with Crippen LogP contribution in [-0.2, 0) is 11.3 Å². The third kappa shape index (κ3) is 3.81. The fourth-order valence-electron chi connectivity index (χ4n) is 2.34. The number of imide groups is 1. The molecule has 3 rings (SSSR count). The molecule has 0 spiro atoms. The zero-order valence-corrected chi connectivity index (χ0v) is 14.8. The van der Waals surface area contributed by atoms with Crippen LogP contribution < -0.4 is 4.74 Å². The molecule has 128 valence electrons. The number of halogens is 1. The number of phenols is 1. The first-order valence-corrected chi connectivity index (χ1v) is 8.54. The van der Waals surface area contributed by atoms with Gasteiger partial charge < -0.3 is 9.84 Å². The van der Waals surface area contributed by atoms with Crippen molar-refractivity contribution in [2.45, 2.75) is 6.54 Å². The molecule has 0 unspecified atom stereocenters. The van der Waals surface area contributed by atoms with Gasteiger partial charge in [-0.15, -0.1) is 0 Å². The first-order valence-electron chi connectivity index (χ1n) is 7.35. The lowest BCUT2D eigenvalue weighted by molar-refractivity contribution is -0.123. The van der Waals surface area contributed by atoms with E-state index in [4.69, 9.17) is 16.3 Å². The molecule has 5 nitrogen and oxygen atoms in total. The minimum Gasteiger partial charge on any atom is -0.504 e. The molecule has 2 aromatic rings. The number of hydrogen-bond acceptors (Lipinski definition) is 5. The highest BCUT2D eigenvalue weighted by molar-refractivity contribution is 8.18. The Kier molecular flexibility index (Phi) is 5.01. The highest BCUT2D eigenvalue weighted by Crippen LogP contribution is 2.35. The molecule has 7 heteroatoms. The van der Waals surface area contributed by atoms with Crippen LogP contribution in [0.25, 0.3) is 6.08 Å². The van der Waals surface area contributed by atoms with E-state index in [0.29, 0.717) is 21.2 Å². The van der Waals surface area contributed by atoms with Crippen molar-refractivity contribution < 1.29 is 19.4 Å². The first-order chi connectivity index (χ1) is 12.0. The molecule has 0 aliphatic carbocycles. The van der Waals surface area contributed by atoms with Crippen LogP contribution in [0.15, 0.2) is 47.4 Å². The summed E-state index contributed by atoms with van der Waals surface area (Å²) in [5.74, 6) is -0.0402. The van der Waals surface area contributed by atoms with E-state index >= 15 is 0 Å². The van der Waals surface area contributed by atoms with Gasteiger partial charge in [-0.3, -0.25) is 14.5 Å². The molecule has 1 fully saturated rings. The number of benzene rings is 2. The fraction of sp³-hybridized carbons (Fsp3) is 0.111. The van der Waals surface area contributed by atoms with E-state index in [1.54, 1.807) is 42.5 Å².